The normalized spacial score (nSPS) is 13.8. The maximum Gasteiger partial charge on any atom is 0.119 e. The van der Waals surface area contributed by atoms with E-state index in [9.17, 15) is 5.11 Å². The minimum absolute atomic E-state index is 0.172. The summed E-state index contributed by atoms with van der Waals surface area (Å²) >= 11 is 5.87. The summed E-state index contributed by atoms with van der Waals surface area (Å²) in [7, 11) is 4.02. The molecule has 0 fully saturated rings. The van der Waals surface area contributed by atoms with Gasteiger partial charge in [0, 0.05) is 11.6 Å². The van der Waals surface area contributed by atoms with Crippen LogP contribution in [0.1, 0.15) is 24.2 Å². The summed E-state index contributed by atoms with van der Waals surface area (Å²) in [5, 5.41) is 11.1. The summed E-state index contributed by atoms with van der Waals surface area (Å²) in [6, 6.07) is 15.3. The summed E-state index contributed by atoms with van der Waals surface area (Å²) in [4.78, 5) is 2.08. The minimum Gasteiger partial charge on any atom is -0.489 e. The van der Waals surface area contributed by atoms with Crippen LogP contribution in [0.2, 0.25) is 5.02 Å². The van der Waals surface area contributed by atoms with Crippen LogP contribution in [-0.2, 0) is 6.61 Å². The van der Waals surface area contributed by atoms with Gasteiger partial charge in [-0.15, -0.1) is 0 Å². The highest BCUT2D eigenvalue weighted by molar-refractivity contribution is 6.30. The van der Waals surface area contributed by atoms with Crippen molar-refractivity contribution in [3.8, 4) is 5.75 Å². The average Bonchev–Trinajstić information content (AvgIpc) is 2.53. The van der Waals surface area contributed by atoms with Crippen molar-refractivity contribution in [3.63, 3.8) is 0 Å². The van der Waals surface area contributed by atoms with Crippen LogP contribution in [0.3, 0.4) is 0 Å². The first-order valence-electron chi connectivity index (χ1n) is 7.75. The van der Waals surface area contributed by atoms with Gasteiger partial charge >= 0.3 is 0 Å². The van der Waals surface area contributed by atoms with Crippen LogP contribution < -0.4 is 4.74 Å². The van der Waals surface area contributed by atoms with E-state index < -0.39 is 6.10 Å². The standard InChI is InChI=1S/C19H24ClNO2/c1-14(12-21(2)3)19(22)16-6-10-18(11-7-16)23-13-15-4-8-17(20)9-5-15/h4-11,14,19,22H,12-13H2,1-3H3. The number of hydrogen-bond acceptors (Lipinski definition) is 3. The fraction of sp³-hybridized carbons (Fsp3) is 0.368. The lowest BCUT2D eigenvalue weighted by Crippen LogP contribution is -2.24. The molecule has 0 heterocycles. The van der Waals surface area contributed by atoms with Crippen molar-refractivity contribution in [2.24, 2.45) is 5.92 Å². The molecule has 2 aromatic carbocycles. The van der Waals surface area contributed by atoms with Gasteiger partial charge in [-0.25, -0.2) is 0 Å². The molecular formula is C19H24ClNO2. The Balaban J connectivity index is 1.92. The van der Waals surface area contributed by atoms with Gasteiger partial charge in [0.05, 0.1) is 6.10 Å². The van der Waals surface area contributed by atoms with Gasteiger partial charge in [-0.3, -0.25) is 0 Å². The number of aliphatic hydroxyl groups excluding tert-OH is 1. The maximum absolute atomic E-state index is 10.4. The molecule has 3 nitrogen and oxygen atoms in total. The molecule has 23 heavy (non-hydrogen) atoms. The maximum atomic E-state index is 10.4. The van der Waals surface area contributed by atoms with Gasteiger partial charge in [-0.2, -0.15) is 0 Å². The van der Waals surface area contributed by atoms with Crippen molar-refractivity contribution in [3.05, 3.63) is 64.7 Å². The van der Waals surface area contributed by atoms with Gasteiger partial charge in [0.15, 0.2) is 0 Å². The number of hydrogen-bond donors (Lipinski definition) is 1. The zero-order valence-electron chi connectivity index (χ0n) is 13.9. The van der Waals surface area contributed by atoms with Crippen LogP contribution in [-0.4, -0.2) is 30.6 Å². The summed E-state index contributed by atoms with van der Waals surface area (Å²) in [5.74, 6) is 0.960. The smallest absolute Gasteiger partial charge is 0.119 e. The van der Waals surface area contributed by atoms with Crippen molar-refractivity contribution in [1.82, 2.24) is 4.90 Å². The number of ether oxygens (including phenoxy) is 1. The molecule has 0 aliphatic rings. The van der Waals surface area contributed by atoms with E-state index in [-0.39, 0.29) is 5.92 Å². The number of benzene rings is 2. The van der Waals surface area contributed by atoms with E-state index in [1.165, 1.54) is 0 Å². The second-order valence-electron chi connectivity index (χ2n) is 6.17. The summed E-state index contributed by atoms with van der Waals surface area (Å²) < 4.78 is 5.76. The first-order chi connectivity index (χ1) is 11.0. The topological polar surface area (TPSA) is 32.7 Å². The SMILES string of the molecule is CC(CN(C)C)C(O)c1ccc(OCc2ccc(Cl)cc2)cc1. The predicted molar refractivity (Wildman–Crippen MR) is 94.9 cm³/mol. The Morgan fingerprint density at radius 2 is 1.65 bits per heavy atom. The molecule has 0 saturated heterocycles. The Morgan fingerprint density at radius 3 is 2.22 bits per heavy atom. The summed E-state index contributed by atoms with van der Waals surface area (Å²) in [5.41, 5.74) is 1.98. The fourth-order valence-electron chi connectivity index (χ4n) is 2.51. The predicted octanol–water partition coefficient (Wildman–Crippen LogP) is 4.15. The zero-order valence-corrected chi connectivity index (χ0v) is 14.6. The number of aliphatic hydroxyl groups is 1. The summed E-state index contributed by atoms with van der Waals surface area (Å²) in [6.07, 6.45) is -0.470. The van der Waals surface area contributed by atoms with Gasteiger partial charge in [0.25, 0.3) is 0 Å². The van der Waals surface area contributed by atoms with Gasteiger partial charge < -0.3 is 14.7 Å². The van der Waals surface area contributed by atoms with Crippen LogP contribution in [0.15, 0.2) is 48.5 Å². The highest BCUT2D eigenvalue weighted by Crippen LogP contribution is 2.24. The Hall–Kier alpha value is -1.55. The average molecular weight is 334 g/mol. The van der Waals surface area contributed by atoms with Crippen LogP contribution in [0.25, 0.3) is 0 Å². The molecule has 124 valence electrons. The minimum atomic E-state index is -0.470. The number of halogens is 1. The molecule has 0 aliphatic carbocycles. The molecule has 0 aromatic heterocycles. The van der Waals surface area contributed by atoms with Crippen molar-refractivity contribution in [2.45, 2.75) is 19.6 Å². The van der Waals surface area contributed by atoms with Crippen LogP contribution in [0.4, 0.5) is 0 Å². The number of rotatable bonds is 7. The van der Waals surface area contributed by atoms with Crippen molar-refractivity contribution in [2.75, 3.05) is 20.6 Å². The van der Waals surface area contributed by atoms with E-state index >= 15 is 0 Å². The molecule has 2 aromatic rings. The molecule has 2 unspecified atom stereocenters. The zero-order chi connectivity index (χ0) is 16.8. The van der Waals surface area contributed by atoms with E-state index in [4.69, 9.17) is 16.3 Å². The molecule has 4 heteroatoms. The molecule has 0 radical (unpaired) electrons. The van der Waals surface area contributed by atoms with Gasteiger partial charge in [0.2, 0.25) is 0 Å². The highest BCUT2D eigenvalue weighted by Gasteiger charge is 2.17. The van der Waals surface area contributed by atoms with Crippen LogP contribution in [0, 0.1) is 5.92 Å². The van der Waals surface area contributed by atoms with E-state index in [1.807, 2.05) is 62.6 Å². The Morgan fingerprint density at radius 1 is 1.04 bits per heavy atom. The molecule has 2 atom stereocenters. The third kappa shape index (κ3) is 5.54. The van der Waals surface area contributed by atoms with Crippen molar-refractivity contribution >= 4 is 11.6 Å². The highest BCUT2D eigenvalue weighted by atomic mass is 35.5. The third-order valence-electron chi connectivity index (χ3n) is 3.73. The van der Waals surface area contributed by atoms with E-state index in [2.05, 4.69) is 11.8 Å². The molecule has 0 saturated carbocycles. The lowest BCUT2D eigenvalue weighted by atomic mass is 9.97. The van der Waals surface area contributed by atoms with E-state index in [1.54, 1.807) is 0 Å². The van der Waals surface area contributed by atoms with Gasteiger partial charge in [-0.05, 0) is 55.4 Å². The molecule has 2 rings (SSSR count). The molecule has 0 amide bonds. The van der Waals surface area contributed by atoms with E-state index in [0.717, 1.165) is 28.4 Å². The Bertz CT molecular complexity index is 596. The summed E-state index contributed by atoms with van der Waals surface area (Å²) in [6.45, 7) is 3.39. The molecular weight excluding hydrogens is 310 g/mol. The Labute approximate surface area is 143 Å². The lowest BCUT2D eigenvalue weighted by molar-refractivity contribution is 0.100. The second-order valence-corrected chi connectivity index (χ2v) is 6.60. The molecule has 0 spiro atoms. The van der Waals surface area contributed by atoms with E-state index in [0.29, 0.717) is 6.61 Å². The Kier molecular flexibility index (Phi) is 6.46. The number of nitrogens with zero attached hydrogens (tertiary/aromatic N) is 1. The largest absolute Gasteiger partial charge is 0.489 e. The fourth-order valence-corrected chi connectivity index (χ4v) is 2.64. The quantitative estimate of drug-likeness (QED) is 0.826. The first kappa shape index (κ1) is 17.8. The van der Waals surface area contributed by atoms with Crippen LogP contribution >= 0.6 is 11.6 Å². The van der Waals surface area contributed by atoms with Gasteiger partial charge in [0.1, 0.15) is 12.4 Å². The second kappa shape index (κ2) is 8.34. The van der Waals surface area contributed by atoms with Crippen molar-refractivity contribution < 1.29 is 9.84 Å². The first-order valence-corrected chi connectivity index (χ1v) is 8.13. The van der Waals surface area contributed by atoms with Crippen molar-refractivity contribution in [1.29, 1.82) is 0 Å². The third-order valence-corrected chi connectivity index (χ3v) is 3.98. The van der Waals surface area contributed by atoms with Gasteiger partial charge in [-0.1, -0.05) is 42.8 Å². The molecule has 0 bridgehead atoms. The van der Waals surface area contributed by atoms with Crippen LogP contribution in [0.5, 0.6) is 5.75 Å². The molecule has 0 aliphatic heterocycles. The lowest BCUT2D eigenvalue weighted by Gasteiger charge is -2.22. The molecule has 1 N–H and O–H groups in total. The monoisotopic (exact) mass is 333 g/mol.